The Kier molecular flexibility index (Phi) is 7.84. The molecule has 4 rings (SSSR count). The van der Waals surface area contributed by atoms with Crippen molar-refractivity contribution < 1.29 is 19.0 Å². The number of hydrogen-bond acceptors (Lipinski definition) is 9. The van der Waals surface area contributed by atoms with Crippen LogP contribution in [0, 0.1) is 6.92 Å². The van der Waals surface area contributed by atoms with E-state index in [1.807, 2.05) is 43.3 Å². The average Bonchev–Trinajstić information content (AvgIpc) is 3.28. The predicted molar refractivity (Wildman–Crippen MR) is 139 cm³/mol. The van der Waals surface area contributed by atoms with Gasteiger partial charge in [-0.3, -0.25) is 4.79 Å². The fourth-order valence-electron chi connectivity index (χ4n) is 3.34. The van der Waals surface area contributed by atoms with Crippen molar-refractivity contribution in [3.63, 3.8) is 0 Å². The number of thioether (sulfide) groups is 1. The van der Waals surface area contributed by atoms with Crippen molar-refractivity contribution in [1.82, 2.24) is 15.2 Å². The molecule has 0 fully saturated rings. The topological polar surface area (TPSA) is 95.5 Å². The molecule has 0 aliphatic carbocycles. The minimum absolute atomic E-state index is 0.159. The summed E-state index contributed by atoms with van der Waals surface area (Å²) in [5, 5.41) is 13.0. The number of thiazole rings is 1. The van der Waals surface area contributed by atoms with Gasteiger partial charge in [0.1, 0.15) is 21.5 Å². The minimum atomic E-state index is -0.159. The second-order valence-electron chi connectivity index (χ2n) is 7.30. The quantitative estimate of drug-likeness (QED) is 0.303. The molecule has 2 heterocycles. The van der Waals surface area contributed by atoms with Crippen molar-refractivity contribution in [2.24, 2.45) is 0 Å². The minimum Gasteiger partial charge on any atom is -0.496 e. The third-order valence-corrected chi connectivity index (χ3v) is 7.16. The van der Waals surface area contributed by atoms with Crippen LogP contribution < -0.4 is 19.5 Å². The largest absolute Gasteiger partial charge is 0.496 e. The lowest BCUT2D eigenvalue weighted by atomic mass is 10.2. The summed E-state index contributed by atoms with van der Waals surface area (Å²) in [7, 11) is 4.76. The first-order chi connectivity index (χ1) is 17.0. The van der Waals surface area contributed by atoms with E-state index in [0.29, 0.717) is 22.2 Å². The van der Waals surface area contributed by atoms with Crippen LogP contribution in [0.3, 0.4) is 0 Å². The zero-order valence-corrected chi connectivity index (χ0v) is 21.3. The summed E-state index contributed by atoms with van der Waals surface area (Å²) in [5.41, 5.74) is 3.18. The number of ether oxygens (including phenoxy) is 3. The van der Waals surface area contributed by atoms with Crippen molar-refractivity contribution >= 4 is 34.7 Å². The van der Waals surface area contributed by atoms with Crippen molar-refractivity contribution in [3.05, 3.63) is 60.3 Å². The van der Waals surface area contributed by atoms with Gasteiger partial charge in [0.05, 0.1) is 43.2 Å². The van der Waals surface area contributed by atoms with E-state index in [0.717, 1.165) is 32.6 Å². The fraction of sp³-hybridized carbons (Fsp3) is 0.200. The van der Waals surface area contributed by atoms with Gasteiger partial charge in [-0.2, -0.15) is 0 Å². The van der Waals surface area contributed by atoms with Gasteiger partial charge >= 0.3 is 0 Å². The number of benzene rings is 2. The van der Waals surface area contributed by atoms with Crippen molar-refractivity contribution in [3.8, 4) is 38.4 Å². The van der Waals surface area contributed by atoms with Crippen LogP contribution in [-0.2, 0) is 4.79 Å². The Labute approximate surface area is 211 Å². The lowest BCUT2D eigenvalue weighted by Crippen LogP contribution is -2.14. The molecule has 1 amide bonds. The number of para-hydroxylation sites is 1. The second kappa shape index (κ2) is 11.2. The number of hydrogen-bond donors (Lipinski definition) is 1. The van der Waals surface area contributed by atoms with Gasteiger partial charge in [-0.1, -0.05) is 23.9 Å². The number of methoxy groups -OCH3 is 3. The SMILES string of the molecule is COc1ccc(NC(=O)CSc2ccc(-c3sc(-c4ccccc4OC)nc3C)nn2)cc1OC. The van der Waals surface area contributed by atoms with Gasteiger partial charge in [0, 0.05) is 11.8 Å². The molecule has 0 spiro atoms. The molecule has 2 aromatic heterocycles. The van der Waals surface area contributed by atoms with Crippen molar-refractivity contribution in [2.75, 3.05) is 32.4 Å². The first kappa shape index (κ1) is 24.5. The number of nitrogens with zero attached hydrogens (tertiary/aromatic N) is 3. The zero-order valence-electron chi connectivity index (χ0n) is 19.7. The molecule has 0 radical (unpaired) electrons. The number of carbonyl (C=O) groups is 1. The molecule has 8 nitrogen and oxygen atoms in total. The summed E-state index contributed by atoms with van der Waals surface area (Å²) in [6, 6.07) is 16.8. The molecule has 0 unspecified atom stereocenters. The number of nitrogens with one attached hydrogen (secondary N) is 1. The summed E-state index contributed by atoms with van der Waals surface area (Å²) >= 11 is 2.85. The Morgan fingerprint density at radius 1 is 0.943 bits per heavy atom. The lowest BCUT2D eigenvalue weighted by molar-refractivity contribution is -0.113. The molecule has 0 aliphatic rings. The van der Waals surface area contributed by atoms with Crippen LogP contribution >= 0.6 is 23.1 Å². The van der Waals surface area contributed by atoms with Crippen LogP contribution in [0.2, 0.25) is 0 Å². The standard InChI is InChI=1S/C25H24N4O4S2/c1-15-24(35-25(26-15)17-7-5-6-8-19(17)31-2)18-10-12-23(29-28-18)34-14-22(30)27-16-9-11-20(32-3)21(13-16)33-4/h5-13H,14H2,1-4H3,(H,27,30). The second-order valence-corrected chi connectivity index (χ2v) is 9.29. The number of aryl methyl sites for hydroxylation is 1. The maximum atomic E-state index is 12.4. The third-order valence-electron chi connectivity index (χ3n) is 5.03. The molecular formula is C25H24N4O4S2. The smallest absolute Gasteiger partial charge is 0.234 e. The molecule has 35 heavy (non-hydrogen) atoms. The Morgan fingerprint density at radius 3 is 2.43 bits per heavy atom. The Balaban J connectivity index is 1.40. The van der Waals surface area contributed by atoms with Crippen LogP contribution in [0.25, 0.3) is 21.1 Å². The van der Waals surface area contributed by atoms with Gasteiger partial charge in [0.2, 0.25) is 5.91 Å². The summed E-state index contributed by atoms with van der Waals surface area (Å²) in [6.07, 6.45) is 0. The molecular weight excluding hydrogens is 484 g/mol. The maximum Gasteiger partial charge on any atom is 0.234 e. The van der Waals surface area contributed by atoms with Crippen LogP contribution in [0.4, 0.5) is 5.69 Å². The molecule has 0 atom stereocenters. The molecule has 10 heteroatoms. The fourth-order valence-corrected chi connectivity index (χ4v) is 5.01. The van der Waals surface area contributed by atoms with E-state index in [-0.39, 0.29) is 11.7 Å². The molecule has 2 aromatic carbocycles. The van der Waals surface area contributed by atoms with E-state index in [2.05, 4.69) is 15.5 Å². The average molecular weight is 509 g/mol. The maximum absolute atomic E-state index is 12.4. The van der Waals surface area contributed by atoms with E-state index >= 15 is 0 Å². The Bertz CT molecular complexity index is 1330. The first-order valence-corrected chi connectivity index (χ1v) is 12.4. The normalized spacial score (nSPS) is 10.6. The van der Waals surface area contributed by atoms with Gasteiger partial charge < -0.3 is 19.5 Å². The number of carbonyl (C=O) groups excluding carboxylic acids is 1. The van der Waals surface area contributed by atoms with E-state index < -0.39 is 0 Å². The van der Waals surface area contributed by atoms with E-state index in [4.69, 9.17) is 19.2 Å². The van der Waals surface area contributed by atoms with Crippen LogP contribution in [-0.4, -0.2) is 48.2 Å². The number of aromatic nitrogens is 3. The molecule has 0 saturated heterocycles. The molecule has 1 N–H and O–H groups in total. The zero-order chi connectivity index (χ0) is 24.8. The Hall–Kier alpha value is -3.63. The van der Waals surface area contributed by atoms with E-state index in [1.165, 1.54) is 11.8 Å². The molecule has 0 aliphatic heterocycles. The van der Waals surface area contributed by atoms with Gasteiger partial charge in [-0.05, 0) is 43.3 Å². The highest BCUT2D eigenvalue weighted by Crippen LogP contribution is 2.38. The summed E-state index contributed by atoms with van der Waals surface area (Å²) in [4.78, 5) is 18.0. The molecule has 0 saturated carbocycles. The molecule has 4 aromatic rings. The van der Waals surface area contributed by atoms with E-state index in [1.54, 1.807) is 50.9 Å². The van der Waals surface area contributed by atoms with Crippen LogP contribution in [0.1, 0.15) is 5.69 Å². The van der Waals surface area contributed by atoms with Crippen molar-refractivity contribution in [2.45, 2.75) is 11.9 Å². The summed E-state index contributed by atoms with van der Waals surface area (Å²) in [6.45, 7) is 1.95. The number of amides is 1. The first-order valence-electron chi connectivity index (χ1n) is 10.6. The summed E-state index contributed by atoms with van der Waals surface area (Å²) < 4.78 is 16.0. The van der Waals surface area contributed by atoms with Gasteiger partial charge in [0.25, 0.3) is 0 Å². The lowest BCUT2D eigenvalue weighted by Gasteiger charge is -2.10. The Morgan fingerprint density at radius 2 is 1.71 bits per heavy atom. The van der Waals surface area contributed by atoms with Crippen LogP contribution in [0.15, 0.2) is 59.6 Å². The van der Waals surface area contributed by atoms with Gasteiger partial charge in [-0.25, -0.2) is 4.98 Å². The third kappa shape index (κ3) is 5.72. The van der Waals surface area contributed by atoms with Crippen molar-refractivity contribution in [1.29, 1.82) is 0 Å². The van der Waals surface area contributed by atoms with Gasteiger partial charge in [0.15, 0.2) is 11.5 Å². The predicted octanol–water partition coefficient (Wildman–Crippen LogP) is 5.33. The van der Waals surface area contributed by atoms with Crippen LogP contribution in [0.5, 0.6) is 17.2 Å². The van der Waals surface area contributed by atoms with Gasteiger partial charge in [-0.15, -0.1) is 21.5 Å². The number of rotatable bonds is 9. The summed E-state index contributed by atoms with van der Waals surface area (Å²) in [5.74, 6) is 1.96. The molecule has 180 valence electrons. The highest BCUT2D eigenvalue weighted by Gasteiger charge is 2.16. The molecule has 0 bridgehead atoms. The monoisotopic (exact) mass is 508 g/mol. The number of anilines is 1. The highest BCUT2D eigenvalue weighted by atomic mass is 32.2. The van der Waals surface area contributed by atoms with E-state index in [9.17, 15) is 4.79 Å². The highest BCUT2D eigenvalue weighted by molar-refractivity contribution is 7.99.